The molecule has 2 aromatic carbocycles. The Morgan fingerprint density at radius 3 is 2.79 bits per heavy atom. The van der Waals surface area contributed by atoms with E-state index in [1.54, 1.807) is 23.9 Å². The van der Waals surface area contributed by atoms with Gasteiger partial charge < -0.3 is 13.9 Å². The van der Waals surface area contributed by atoms with Crippen molar-refractivity contribution in [1.82, 2.24) is 10.2 Å². The number of anilines is 1. The van der Waals surface area contributed by atoms with Crippen LogP contribution in [-0.2, 0) is 11.2 Å². The Morgan fingerprint density at radius 1 is 1.10 bits per heavy atom. The summed E-state index contributed by atoms with van der Waals surface area (Å²) in [5.41, 5.74) is 0.939. The molecule has 0 saturated heterocycles. The van der Waals surface area contributed by atoms with Crippen molar-refractivity contribution in [3.8, 4) is 11.5 Å². The predicted molar refractivity (Wildman–Crippen MR) is 105 cm³/mol. The Kier molecular flexibility index (Phi) is 5.95. The maximum absolute atomic E-state index is 12.9. The number of benzene rings is 2. The van der Waals surface area contributed by atoms with Gasteiger partial charge in [-0.3, -0.25) is 10.1 Å². The van der Waals surface area contributed by atoms with Crippen molar-refractivity contribution in [2.75, 3.05) is 17.9 Å². The predicted octanol–water partition coefficient (Wildman–Crippen LogP) is 4.04. The van der Waals surface area contributed by atoms with Crippen LogP contribution in [0.5, 0.6) is 11.5 Å². The molecule has 3 aromatic rings. The molecule has 0 saturated carbocycles. The van der Waals surface area contributed by atoms with Crippen molar-refractivity contribution in [3.63, 3.8) is 0 Å². The average molecular weight is 415 g/mol. The van der Waals surface area contributed by atoms with E-state index in [9.17, 15) is 9.18 Å². The van der Waals surface area contributed by atoms with Crippen LogP contribution in [-0.4, -0.2) is 28.7 Å². The van der Waals surface area contributed by atoms with E-state index in [0.717, 1.165) is 16.2 Å². The lowest BCUT2D eigenvalue weighted by Crippen LogP contribution is -2.11. The van der Waals surface area contributed by atoms with E-state index in [-0.39, 0.29) is 24.5 Å². The van der Waals surface area contributed by atoms with Gasteiger partial charge in [-0.1, -0.05) is 11.2 Å². The molecule has 0 bridgehead atoms. The van der Waals surface area contributed by atoms with Gasteiger partial charge in [0.1, 0.15) is 5.82 Å². The third kappa shape index (κ3) is 5.26. The molecule has 0 unspecified atom stereocenters. The van der Waals surface area contributed by atoms with E-state index in [2.05, 4.69) is 15.5 Å². The van der Waals surface area contributed by atoms with Crippen LogP contribution < -0.4 is 14.8 Å². The second kappa shape index (κ2) is 8.95. The zero-order valence-electron chi connectivity index (χ0n) is 15.4. The minimum Gasteiger partial charge on any atom is -0.454 e. The van der Waals surface area contributed by atoms with Crippen molar-refractivity contribution in [3.05, 3.63) is 59.7 Å². The first-order valence-corrected chi connectivity index (χ1v) is 10.0. The highest BCUT2D eigenvalue weighted by atomic mass is 32.2. The lowest BCUT2D eigenvalue weighted by molar-refractivity contribution is -0.116. The fourth-order valence-electron chi connectivity index (χ4n) is 2.74. The molecule has 7 nitrogen and oxygen atoms in total. The second-order valence-electron chi connectivity index (χ2n) is 6.32. The number of rotatable bonds is 8. The SMILES string of the molecule is O=C(CCCSc1ccc(F)cc1)Nc1nnc(Cc2ccc3c(c2)OCO3)o1. The molecule has 150 valence electrons. The summed E-state index contributed by atoms with van der Waals surface area (Å²) in [6, 6.07) is 12.0. The highest BCUT2D eigenvalue weighted by molar-refractivity contribution is 7.99. The minimum absolute atomic E-state index is 0.0805. The number of halogens is 1. The summed E-state index contributed by atoms with van der Waals surface area (Å²) in [4.78, 5) is 13.0. The van der Waals surface area contributed by atoms with Crippen LogP contribution in [0.1, 0.15) is 24.3 Å². The van der Waals surface area contributed by atoms with Gasteiger partial charge in [0.2, 0.25) is 18.6 Å². The minimum atomic E-state index is -0.258. The van der Waals surface area contributed by atoms with Gasteiger partial charge >= 0.3 is 6.01 Å². The molecule has 1 N–H and O–H groups in total. The Morgan fingerprint density at radius 2 is 1.93 bits per heavy atom. The first-order valence-electron chi connectivity index (χ1n) is 9.05. The molecule has 0 fully saturated rings. The Labute approximate surface area is 170 Å². The number of hydrogen-bond donors (Lipinski definition) is 1. The molecule has 1 amide bonds. The summed E-state index contributed by atoms with van der Waals surface area (Å²) in [5.74, 6) is 2.09. The average Bonchev–Trinajstić information content (AvgIpc) is 3.35. The van der Waals surface area contributed by atoms with Gasteiger partial charge in [-0.15, -0.1) is 16.9 Å². The summed E-state index contributed by atoms with van der Waals surface area (Å²) < 4.78 is 29.0. The van der Waals surface area contributed by atoms with Crippen LogP contribution >= 0.6 is 11.8 Å². The van der Waals surface area contributed by atoms with E-state index in [1.165, 1.54) is 12.1 Å². The molecule has 4 rings (SSSR count). The summed E-state index contributed by atoms with van der Waals surface area (Å²) in [7, 11) is 0. The van der Waals surface area contributed by atoms with Gasteiger partial charge in [0, 0.05) is 11.3 Å². The van der Waals surface area contributed by atoms with Crippen molar-refractivity contribution in [2.24, 2.45) is 0 Å². The second-order valence-corrected chi connectivity index (χ2v) is 7.49. The fraction of sp³-hybridized carbons (Fsp3) is 0.250. The van der Waals surface area contributed by atoms with Gasteiger partial charge in [-0.05, 0) is 54.1 Å². The molecule has 0 radical (unpaired) electrons. The number of nitrogens with one attached hydrogen (secondary N) is 1. The largest absolute Gasteiger partial charge is 0.454 e. The molecule has 1 aliphatic rings. The van der Waals surface area contributed by atoms with Crippen molar-refractivity contribution < 1.29 is 23.1 Å². The number of carbonyl (C=O) groups excluding carboxylic acids is 1. The molecular formula is C20H18FN3O4S. The van der Waals surface area contributed by atoms with Crippen LogP contribution in [0.4, 0.5) is 10.4 Å². The fourth-order valence-corrected chi connectivity index (χ4v) is 3.59. The summed E-state index contributed by atoms with van der Waals surface area (Å²) >= 11 is 1.57. The number of hydrogen-bond acceptors (Lipinski definition) is 7. The number of amides is 1. The highest BCUT2D eigenvalue weighted by Gasteiger charge is 2.15. The normalized spacial score (nSPS) is 12.2. The van der Waals surface area contributed by atoms with E-state index in [0.29, 0.717) is 36.7 Å². The number of aromatic nitrogens is 2. The van der Waals surface area contributed by atoms with Gasteiger partial charge in [-0.2, -0.15) is 0 Å². The molecule has 1 aliphatic heterocycles. The van der Waals surface area contributed by atoms with E-state index in [4.69, 9.17) is 13.9 Å². The first-order chi connectivity index (χ1) is 14.2. The molecule has 29 heavy (non-hydrogen) atoms. The van der Waals surface area contributed by atoms with E-state index >= 15 is 0 Å². The van der Waals surface area contributed by atoms with Crippen LogP contribution in [0.2, 0.25) is 0 Å². The first kappa shape index (κ1) is 19.3. The summed E-state index contributed by atoms with van der Waals surface area (Å²) in [6.45, 7) is 0.220. The number of nitrogens with zero attached hydrogens (tertiary/aromatic N) is 2. The Hall–Kier alpha value is -3.07. The topological polar surface area (TPSA) is 86.5 Å². The van der Waals surface area contributed by atoms with Gasteiger partial charge in [0.15, 0.2) is 11.5 Å². The lowest BCUT2D eigenvalue weighted by atomic mass is 10.1. The molecular weight excluding hydrogens is 397 g/mol. The van der Waals surface area contributed by atoms with E-state index in [1.807, 2.05) is 18.2 Å². The van der Waals surface area contributed by atoms with Crippen LogP contribution in [0.15, 0.2) is 51.8 Å². The van der Waals surface area contributed by atoms with Crippen LogP contribution in [0.3, 0.4) is 0 Å². The number of thioether (sulfide) groups is 1. The van der Waals surface area contributed by atoms with Crippen molar-refractivity contribution in [2.45, 2.75) is 24.2 Å². The van der Waals surface area contributed by atoms with Crippen molar-refractivity contribution in [1.29, 1.82) is 0 Å². The molecule has 2 heterocycles. The summed E-state index contributed by atoms with van der Waals surface area (Å²) in [6.07, 6.45) is 1.42. The third-order valence-electron chi connectivity index (χ3n) is 4.14. The quantitative estimate of drug-likeness (QED) is 0.439. The van der Waals surface area contributed by atoms with Gasteiger partial charge in [-0.25, -0.2) is 4.39 Å². The van der Waals surface area contributed by atoms with Crippen LogP contribution in [0, 0.1) is 5.82 Å². The molecule has 9 heteroatoms. The standard InChI is InChI=1S/C20H18FN3O4S/c21-14-4-6-15(7-5-14)29-9-1-2-18(25)22-20-24-23-19(28-20)11-13-3-8-16-17(10-13)27-12-26-16/h3-8,10H,1-2,9,11-12H2,(H,22,24,25). The monoisotopic (exact) mass is 415 g/mol. The Balaban J connectivity index is 1.21. The number of carbonyl (C=O) groups is 1. The number of fused-ring (bicyclic) bond motifs is 1. The maximum Gasteiger partial charge on any atom is 0.322 e. The third-order valence-corrected chi connectivity index (χ3v) is 5.23. The summed E-state index contributed by atoms with van der Waals surface area (Å²) in [5, 5.41) is 10.4. The number of ether oxygens (including phenoxy) is 2. The Bertz CT molecular complexity index is 994. The highest BCUT2D eigenvalue weighted by Crippen LogP contribution is 2.33. The zero-order chi connectivity index (χ0) is 20.1. The molecule has 0 aliphatic carbocycles. The molecule has 0 atom stereocenters. The van der Waals surface area contributed by atoms with E-state index < -0.39 is 0 Å². The van der Waals surface area contributed by atoms with Gasteiger partial charge in [0.05, 0.1) is 6.42 Å². The van der Waals surface area contributed by atoms with Crippen molar-refractivity contribution >= 4 is 23.7 Å². The maximum atomic E-state index is 12.9. The molecule has 1 aromatic heterocycles. The lowest BCUT2D eigenvalue weighted by Gasteiger charge is -2.02. The zero-order valence-corrected chi connectivity index (χ0v) is 16.2. The molecule has 0 spiro atoms. The smallest absolute Gasteiger partial charge is 0.322 e. The van der Waals surface area contributed by atoms with Crippen LogP contribution in [0.25, 0.3) is 0 Å². The van der Waals surface area contributed by atoms with Gasteiger partial charge in [0.25, 0.3) is 0 Å².